The fourth-order valence-electron chi connectivity index (χ4n) is 3.60. The van der Waals surface area contributed by atoms with Crippen LogP contribution >= 0.6 is 0 Å². The summed E-state index contributed by atoms with van der Waals surface area (Å²) in [6.45, 7) is 2.38. The third-order valence-electron chi connectivity index (χ3n) is 4.63. The van der Waals surface area contributed by atoms with E-state index >= 15 is 0 Å². The SMILES string of the molecule is c1ccc(C2OCCNC3=C2c2nc4ccccc4n2C3)cc1. The van der Waals surface area contributed by atoms with Crippen molar-refractivity contribution in [3.63, 3.8) is 0 Å². The van der Waals surface area contributed by atoms with Crippen LogP contribution in [0.4, 0.5) is 0 Å². The van der Waals surface area contributed by atoms with Gasteiger partial charge in [0.2, 0.25) is 0 Å². The summed E-state index contributed by atoms with van der Waals surface area (Å²) in [5, 5.41) is 3.53. The minimum absolute atomic E-state index is 0.0562. The number of aromatic nitrogens is 2. The molecule has 2 aromatic carbocycles. The Labute approximate surface area is 134 Å². The molecule has 0 amide bonds. The van der Waals surface area contributed by atoms with E-state index in [1.54, 1.807) is 0 Å². The second-order valence-corrected chi connectivity index (χ2v) is 5.99. The minimum Gasteiger partial charge on any atom is -0.384 e. The highest BCUT2D eigenvalue weighted by Gasteiger charge is 2.33. The molecule has 2 aliphatic heterocycles. The summed E-state index contributed by atoms with van der Waals surface area (Å²) >= 11 is 0. The summed E-state index contributed by atoms with van der Waals surface area (Å²) in [7, 11) is 0. The Bertz CT molecular complexity index is 911. The Morgan fingerprint density at radius 3 is 2.78 bits per heavy atom. The van der Waals surface area contributed by atoms with Crippen molar-refractivity contribution in [1.29, 1.82) is 0 Å². The predicted molar refractivity (Wildman–Crippen MR) is 89.8 cm³/mol. The van der Waals surface area contributed by atoms with Crippen LogP contribution in [0.1, 0.15) is 17.5 Å². The second kappa shape index (κ2) is 4.96. The average Bonchev–Trinajstić information content (AvgIpc) is 3.04. The molecule has 114 valence electrons. The van der Waals surface area contributed by atoms with Crippen LogP contribution in [-0.2, 0) is 11.3 Å². The van der Waals surface area contributed by atoms with E-state index in [2.05, 4.69) is 52.3 Å². The number of hydrogen-bond donors (Lipinski definition) is 1. The van der Waals surface area contributed by atoms with Crippen molar-refractivity contribution in [2.45, 2.75) is 12.6 Å². The molecular formula is C19H17N3O. The Kier molecular flexibility index (Phi) is 2.78. The van der Waals surface area contributed by atoms with E-state index in [1.165, 1.54) is 22.4 Å². The number of para-hydroxylation sites is 2. The molecule has 3 aromatic rings. The normalized spacial score (nSPS) is 20.1. The molecule has 0 spiro atoms. The Balaban J connectivity index is 1.70. The predicted octanol–water partition coefficient (Wildman–Crippen LogP) is 3.12. The molecule has 0 aliphatic carbocycles. The first-order chi connectivity index (χ1) is 11.4. The van der Waals surface area contributed by atoms with Gasteiger partial charge in [0, 0.05) is 17.8 Å². The van der Waals surface area contributed by atoms with Crippen molar-refractivity contribution in [3.05, 3.63) is 71.7 Å². The largest absolute Gasteiger partial charge is 0.384 e. The van der Waals surface area contributed by atoms with Gasteiger partial charge in [0.05, 0.1) is 24.2 Å². The van der Waals surface area contributed by atoms with Crippen LogP contribution in [0.3, 0.4) is 0 Å². The maximum absolute atomic E-state index is 6.18. The van der Waals surface area contributed by atoms with E-state index in [0.717, 1.165) is 24.4 Å². The number of allylic oxidation sites excluding steroid dienone is 1. The fourth-order valence-corrected chi connectivity index (χ4v) is 3.60. The summed E-state index contributed by atoms with van der Waals surface area (Å²) in [5.41, 5.74) is 5.84. The zero-order valence-corrected chi connectivity index (χ0v) is 12.7. The van der Waals surface area contributed by atoms with Gasteiger partial charge < -0.3 is 14.6 Å². The lowest BCUT2D eigenvalue weighted by molar-refractivity contribution is 0.0994. The number of benzene rings is 2. The Morgan fingerprint density at radius 2 is 1.87 bits per heavy atom. The van der Waals surface area contributed by atoms with Gasteiger partial charge in [-0.3, -0.25) is 0 Å². The molecule has 0 radical (unpaired) electrons. The summed E-state index contributed by atoms with van der Waals surface area (Å²) in [5.74, 6) is 1.03. The lowest BCUT2D eigenvalue weighted by Crippen LogP contribution is -2.18. The number of imidazole rings is 1. The molecule has 0 fully saturated rings. The molecule has 23 heavy (non-hydrogen) atoms. The van der Waals surface area contributed by atoms with Gasteiger partial charge in [-0.2, -0.15) is 0 Å². The highest BCUT2D eigenvalue weighted by atomic mass is 16.5. The summed E-state index contributed by atoms with van der Waals surface area (Å²) in [6, 6.07) is 18.7. The average molecular weight is 303 g/mol. The first kappa shape index (κ1) is 12.9. The van der Waals surface area contributed by atoms with Crippen molar-refractivity contribution in [2.24, 2.45) is 0 Å². The van der Waals surface area contributed by atoms with E-state index in [4.69, 9.17) is 9.72 Å². The fraction of sp³-hybridized carbons (Fsp3) is 0.211. The van der Waals surface area contributed by atoms with Crippen molar-refractivity contribution in [3.8, 4) is 0 Å². The number of nitrogens with one attached hydrogen (secondary N) is 1. The molecule has 3 heterocycles. The van der Waals surface area contributed by atoms with Gasteiger partial charge in [0.25, 0.3) is 0 Å². The molecule has 0 saturated heterocycles. The molecule has 5 rings (SSSR count). The molecule has 4 nitrogen and oxygen atoms in total. The molecule has 1 atom stereocenters. The van der Waals surface area contributed by atoms with Crippen LogP contribution in [0.5, 0.6) is 0 Å². The van der Waals surface area contributed by atoms with Gasteiger partial charge in [-0.1, -0.05) is 42.5 Å². The second-order valence-electron chi connectivity index (χ2n) is 5.99. The first-order valence-electron chi connectivity index (χ1n) is 8.01. The molecule has 4 heteroatoms. The van der Waals surface area contributed by atoms with E-state index in [9.17, 15) is 0 Å². The third-order valence-corrected chi connectivity index (χ3v) is 4.63. The van der Waals surface area contributed by atoms with Crippen LogP contribution in [0.25, 0.3) is 16.6 Å². The Morgan fingerprint density at radius 1 is 1.04 bits per heavy atom. The van der Waals surface area contributed by atoms with Gasteiger partial charge in [-0.25, -0.2) is 4.98 Å². The Hall–Kier alpha value is -2.59. The van der Waals surface area contributed by atoms with Crippen molar-refractivity contribution >= 4 is 16.6 Å². The van der Waals surface area contributed by atoms with Crippen molar-refractivity contribution in [2.75, 3.05) is 13.2 Å². The molecule has 1 aromatic heterocycles. The summed E-state index contributed by atoms with van der Waals surface area (Å²) in [4.78, 5) is 4.88. The summed E-state index contributed by atoms with van der Waals surface area (Å²) < 4.78 is 8.47. The minimum atomic E-state index is -0.0562. The van der Waals surface area contributed by atoms with E-state index in [1.807, 2.05) is 12.1 Å². The molecule has 2 aliphatic rings. The molecule has 1 unspecified atom stereocenters. The standard InChI is InChI=1S/C19H17N3O/c1-2-6-13(7-3-1)18-17-15(20-10-11-23-18)12-22-16-9-5-4-8-14(16)21-19(17)22/h1-9,18,20H,10-12H2. The first-order valence-corrected chi connectivity index (χ1v) is 8.01. The molecule has 0 bridgehead atoms. The van der Waals surface area contributed by atoms with E-state index in [0.29, 0.717) is 6.61 Å². The summed E-state index contributed by atoms with van der Waals surface area (Å²) in [6.07, 6.45) is -0.0562. The number of fused-ring (bicyclic) bond motifs is 4. The van der Waals surface area contributed by atoms with Crippen LogP contribution in [-0.4, -0.2) is 22.7 Å². The highest BCUT2D eigenvalue weighted by molar-refractivity contribution is 5.84. The monoisotopic (exact) mass is 303 g/mol. The lowest BCUT2D eigenvalue weighted by atomic mass is 10.0. The van der Waals surface area contributed by atoms with Gasteiger partial charge in [0.15, 0.2) is 0 Å². The van der Waals surface area contributed by atoms with Crippen LogP contribution < -0.4 is 5.32 Å². The van der Waals surface area contributed by atoms with Crippen molar-refractivity contribution in [1.82, 2.24) is 14.9 Å². The van der Waals surface area contributed by atoms with E-state index in [-0.39, 0.29) is 6.10 Å². The number of nitrogens with zero attached hydrogens (tertiary/aromatic N) is 2. The van der Waals surface area contributed by atoms with Gasteiger partial charge in [-0.15, -0.1) is 0 Å². The topological polar surface area (TPSA) is 39.1 Å². The number of hydrogen-bond acceptors (Lipinski definition) is 3. The highest BCUT2D eigenvalue weighted by Crippen LogP contribution is 2.41. The molecule has 0 saturated carbocycles. The zero-order valence-electron chi connectivity index (χ0n) is 12.7. The van der Waals surface area contributed by atoms with E-state index < -0.39 is 0 Å². The van der Waals surface area contributed by atoms with Crippen LogP contribution in [0, 0.1) is 0 Å². The van der Waals surface area contributed by atoms with Gasteiger partial charge in [0.1, 0.15) is 11.9 Å². The van der Waals surface area contributed by atoms with Crippen LogP contribution in [0.15, 0.2) is 60.3 Å². The van der Waals surface area contributed by atoms with Crippen LogP contribution in [0.2, 0.25) is 0 Å². The quantitative estimate of drug-likeness (QED) is 0.751. The molecular weight excluding hydrogens is 286 g/mol. The van der Waals surface area contributed by atoms with Gasteiger partial charge in [-0.05, 0) is 17.7 Å². The smallest absolute Gasteiger partial charge is 0.142 e. The lowest BCUT2D eigenvalue weighted by Gasteiger charge is -2.17. The number of ether oxygens (including phenoxy) is 1. The van der Waals surface area contributed by atoms with Gasteiger partial charge >= 0.3 is 0 Å². The maximum Gasteiger partial charge on any atom is 0.142 e. The maximum atomic E-state index is 6.18. The molecule has 1 N–H and O–H groups in total. The third kappa shape index (κ3) is 1.92. The van der Waals surface area contributed by atoms with Crippen molar-refractivity contribution < 1.29 is 4.74 Å². The number of rotatable bonds is 1. The zero-order chi connectivity index (χ0) is 15.2.